The highest BCUT2D eigenvalue weighted by atomic mass is 15.2. The molecule has 136 valence electrons. The summed E-state index contributed by atoms with van der Waals surface area (Å²) in [6, 6.07) is 14.5. The number of nitrogens with one attached hydrogen (secondary N) is 1. The Hall–Kier alpha value is -2.40. The van der Waals surface area contributed by atoms with Crippen LogP contribution in [0.4, 0.5) is 5.82 Å². The van der Waals surface area contributed by atoms with Crippen molar-refractivity contribution in [2.75, 3.05) is 31.5 Å². The van der Waals surface area contributed by atoms with Crippen molar-refractivity contribution in [1.29, 1.82) is 0 Å². The summed E-state index contributed by atoms with van der Waals surface area (Å²) in [5, 5.41) is 3.49. The molecule has 0 spiro atoms. The Morgan fingerprint density at radius 1 is 1.12 bits per heavy atom. The number of likely N-dealkylation sites (tertiary alicyclic amines) is 1. The molecule has 4 rings (SSSR count). The molecule has 1 aliphatic heterocycles. The number of aromatic nitrogens is 3. The Morgan fingerprint density at radius 3 is 2.85 bits per heavy atom. The maximum absolute atomic E-state index is 4.79. The first kappa shape index (κ1) is 17.0. The lowest BCUT2D eigenvalue weighted by atomic mass is 10.1. The van der Waals surface area contributed by atoms with E-state index in [9.17, 15) is 0 Å². The van der Waals surface area contributed by atoms with Gasteiger partial charge in [0.05, 0.1) is 11.0 Å². The summed E-state index contributed by atoms with van der Waals surface area (Å²) in [6.45, 7) is 6.44. The number of nitrogens with zero attached hydrogens (tertiary/aromatic N) is 4. The van der Waals surface area contributed by atoms with E-state index in [2.05, 4.69) is 57.1 Å². The zero-order valence-corrected chi connectivity index (χ0v) is 15.7. The van der Waals surface area contributed by atoms with Crippen LogP contribution in [0.5, 0.6) is 0 Å². The fourth-order valence-electron chi connectivity index (χ4n) is 3.85. The Balaban J connectivity index is 1.28. The van der Waals surface area contributed by atoms with Crippen LogP contribution in [0.2, 0.25) is 0 Å². The summed E-state index contributed by atoms with van der Waals surface area (Å²) in [6.07, 6.45) is 2.26. The van der Waals surface area contributed by atoms with Gasteiger partial charge in [0.2, 0.25) is 0 Å². The van der Waals surface area contributed by atoms with E-state index in [0.717, 1.165) is 43.1 Å². The van der Waals surface area contributed by atoms with Crippen LogP contribution < -0.4 is 5.32 Å². The molecular weight excluding hydrogens is 322 g/mol. The maximum Gasteiger partial charge on any atom is 0.126 e. The van der Waals surface area contributed by atoms with Crippen LogP contribution in [-0.2, 0) is 13.5 Å². The van der Waals surface area contributed by atoms with E-state index in [1.54, 1.807) is 0 Å². The second-order valence-corrected chi connectivity index (χ2v) is 7.33. The zero-order chi connectivity index (χ0) is 17.9. The van der Waals surface area contributed by atoms with Gasteiger partial charge in [0, 0.05) is 38.8 Å². The van der Waals surface area contributed by atoms with Gasteiger partial charge in [0.25, 0.3) is 0 Å². The molecule has 1 fully saturated rings. The molecule has 2 aromatic heterocycles. The molecule has 1 aromatic carbocycles. The zero-order valence-electron chi connectivity index (χ0n) is 15.7. The topological polar surface area (TPSA) is 46.0 Å². The van der Waals surface area contributed by atoms with Crippen molar-refractivity contribution in [1.82, 2.24) is 19.4 Å². The van der Waals surface area contributed by atoms with E-state index in [1.165, 1.54) is 24.3 Å². The van der Waals surface area contributed by atoms with Crippen LogP contribution in [0.3, 0.4) is 0 Å². The van der Waals surface area contributed by atoms with Crippen molar-refractivity contribution >= 4 is 16.9 Å². The lowest BCUT2D eigenvalue weighted by Gasteiger charge is -2.16. The number of imidazole rings is 1. The standard InChI is InChI=1S/C21H27N5/c1-16-6-5-9-20(23-16)22-14-17-10-12-26(15-17)13-11-21-24-18-7-3-4-8-19(18)25(21)2/h3-9,17H,10-15H2,1-2H3,(H,22,23)/t17-/m0/s1. The van der Waals surface area contributed by atoms with Gasteiger partial charge in [-0.05, 0) is 50.1 Å². The van der Waals surface area contributed by atoms with Crippen LogP contribution in [0.15, 0.2) is 42.5 Å². The lowest BCUT2D eigenvalue weighted by Crippen LogP contribution is -2.26. The molecular formula is C21H27N5. The summed E-state index contributed by atoms with van der Waals surface area (Å²) in [5.41, 5.74) is 3.38. The van der Waals surface area contributed by atoms with Gasteiger partial charge in [-0.1, -0.05) is 18.2 Å². The summed E-state index contributed by atoms with van der Waals surface area (Å²) in [5.74, 6) is 2.86. The van der Waals surface area contributed by atoms with E-state index < -0.39 is 0 Å². The molecule has 0 unspecified atom stereocenters. The summed E-state index contributed by atoms with van der Waals surface area (Å²) in [7, 11) is 2.12. The highest BCUT2D eigenvalue weighted by molar-refractivity contribution is 5.75. The first-order chi connectivity index (χ1) is 12.7. The molecule has 0 bridgehead atoms. The Bertz CT molecular complexity index is 885. The van der Waals surface area contributed by atoms with E-state index in [-0.39, 0.29) is 0 Å². The molecule has 1 saturated heterocycles. The number of fused-ring (bicyclic) bond motifs is 1. The second kappa shape index (κ2) is 7.46. The van der Waals surface area contributed by atoms with Crippen LogP contribution in [0.25, 0.3) is 11.0 Å². The molecule has 0 aliphatic carbocycles. The predicted molar refractivity (Wildman–Crippen MR) is 106 cm³/mol. The van der Waals surface area contributed by atoms with Gasteiger partial charge in [0.1, 0.15) is 11.6 Å². The molecule has 0 saturated carbocycles. The summed E-state index contributed by atoms with van der Waals surface area (Å²) >= 11 is 0. The average molecular weight is 349 g/mol. The number of rotatable bonds is 6. The van der Waals surface area contributed by atoms with Gasteiger partial charge >= 0.3 is 0 Å². The van der Waals surface area contributed by atoms with Gasteiger partial charge < -0.3 is 14.8 Å². The first-order valence-corrected chi connectivity index (χ1v) is 9.49. The minimum Gasteiger partial charge on any atom is -0.370 e. The van der Waals surface area contributed by atoms with Crippen LogP contribution in [0, 0.1) is 12.8 Å². The third kappa shape index (κ3) is 3.73. The molecule has 3 heterocycles. The van der Waals surface area contributed by atoms with E-state index in [1.807, 2.05) is 19.1 Å². The van der Waals surface area contributed by atoms with Crippen molar-refractivity contribution in [3.63, 3.8) is 0 Å². The molecule has 1 N–H and O–H groups in total. The fraction of sp³-hybridized carbons (Fsp3) is 0.429. The number of pyridine rings is 1. The number of anilines is 1. The number of para-hydroxylation sites is 2. The monoisotopic (exact) mass is 349 g/mol. The number of hydrogen-bond acceptors (Lipinski definition) is 4. The van der Waals surface area contributed by atoms with Gasteiger partial charge in [-0.3, -0.25) is 0 Å². The number of hydrogen-bond donors (Lipinski definition) is 1. The van der Waals surface area contributed by atoms with Crippen molar-refractivity contribution < 1.29 is 0 Å². The molecule has 5 nitrogen and oxygen atoms in total. The molecule has 5 heteroatoms. The van der Waals surface area contributed by atoms with Gasteiger partial charge in [-0.15, -0.1) is 0 Å². The third-order valence-corrected chi connectivity index (χ3v) is 5.36. The van der Waals surface area contributed by atoms with Gasteiger partial charge in [-0.2, -0.15) is 0 Å². The highest BCUT2D eigenvalue weighted by Crippen LogP contribution is 2.19. The van der Waals surface area contributed by atoms with Crippen molar-refractivity contribution in [3.05, 3.63) is 54.0 Å². The summed E-state index contributed by atoms with van der Waals surface area (Å²) in [4.78, 5) is 11.9. The minimum atomic E-state index is 0.692. The second-order valence-electron chi connectivity index (χ2n) is 7.33. The molecule has 1 atom stereocenters. The number of benzene rings is 1. The Labute approximate surface area is 155 Å². The Kier molecular flexibility index (Phi) is 4.89. The fourth-order valence-corrected chi connectivity index (χ4v) is 3.85. The summed E-state index contributed by atoms with van der Waals surface area (Å²) < 4.78 is 2.23. The highest BCUT2D eigenvalue weighted by Gasteiger charge is 2.22. The van der Waals surface area contributed by atoms with Crippen LogP contribution in [0.1, 0.15) is 17.9 Å². The number of aryl methyl sites for hydroxylation is 2. The Morgan fingerprint density at radius 2 is 2.00 bits per heavy atom. The van der Waals surface area contributed by atoms with Gasteiger partial charge in [0.15, 0.2) is 0 Å². The largest absolute Gasteiger partial charge is 0.370 e. The van der Waals surface area contributed by atoms with E-state index in [4.69, 9.17) is 4.98 Å². The maximum atomic E-state index is 4.79. The third-order valence-electron chi connectivity index (χ3n) is 5.36. The predicted octanol–water partition coefficient (Wildman–Crippen LogP) is 3.25. The van der Waals surface area contributed by atoms with Crippen molar-refractivity contribution in [2.24, 2.45) is 13.0 Å². The SMILES string of the molecule is Cc1cccc(NC[C@@H]2CCN(CCc3nc4ccccc4n3C)C2)n1. The normalized spacial score (nSPS) is 17.8. The van der Waals surface area contributed by atoms with Crippen molar-refractivity contribution in [3.8, 4) is 0 Å². The molecule has 1 aliphatic rings. The quantitative estimate of drug-likeness (QED) is 0.742. The van der Waals surface area contributed by atoms with Crippen LogP contribution >= 0.6 is 0 Å². The first-order valence-electron chi connectivity index (χ1n) is 9.49. The molecule has 0 radical (unpaired) electrons. The van der Waals surface area contributed by atoms with Crippen molar-refractivity contribution in [2.45, 2.75) is 19.8 Å². The molecule has 0 amide bonds. The minimum absolute atomic E-state index is 0.692. The lowest BCUT2D eigenvalue weighted by molar-refractivity contribution is 0.327. The molecule has 26 heavy (non-hydrogen) atoms. The van der Waals surface area contributed by atoms with E-state index >= 15 is 0 Å². The molecule has 3 aromatic rings. The average Bonchev–Trinajstić information content (AvgIpc) is 3.23. The van der Waals surface area contributed by atoms with Gasteiger partial charge in [-0.25, -0.2) is 9.97 Å². The van der Waals surface area contributed by atoms with E-state index in [0.29, 0.717) is 5.92 Å². The smallest absolute Gasteiger partial charge is 0.126 e. The van der Waals surface area contributed by atoms with Crippen LogP contribution in [-0.4, -0.2) is 45.6 Å².